The van der Waals surface area contributed by atoms with E-state index in [1.165, 1.54) is 6.42 Å². The maximum Gasteiger partial charge on any atom is 0.234 e. The van der Waals surface area contributed by atoms with Gasteiger partial charge in [0.25, 0.3) is 0 Å². The zero-order valence-corrected chi connectivity index (χ0v) is 12.2. The van der Waals surface area contributed by atoms with Crippen molar-refractivity contribution in [1.29, 1.82) is 0 Å². The summed E-state index contributed by atoms with van der Waals surface area (Å²) >= 11 is 5.89. The summed E-state index contributed by atoms with van der Waals surface area (Å²) in [6, 6.07) is 7.50. The van der Waals surface area contributed by atoms with Crippen molar-refractivity contribution >= 4 is 11.6 Å². The molecule has 0 aliphatic heterocycles. The zero-order valence-electron chi connectivity index (χ0n) is 11.5. The van der Waals surface area contributed by atoms with Crippen molar-refractivity contribution in [3.8, 4) is 11.4 Å². The molecule has 106 valence electrons. The summed E-state index contributed by atoms with van der Waals surface area (Å²) in [4.78, 5) is 4.56. The lowest BCUT2D eigenvalue weighted by Crippen LogP contribution is -2.45. The van der Waals surface area contributed by atoms with Gasteiger partial charge >= 0.3 is 0 Å². The third-order valence-electron chi connectivity index (χ3n) is 4.30. The Balaban J connectivity index is 1.91. The van der Waals surface area contributed by atoms with Crippen LogP contribution in [0.1, 0.15) is 38.5 Å². The lowest BCUT2D eigenvalue weighted by atomic mass is 9.72. The van der Waals surface area contributed by atoms with E-state index in [2.05, 4.69) is 17.1 Å². The fourth-order valence-corrected chi connectivity index (χ4v) is 2.92. The highest BCUT2D eigenvalue weighted by Crippen LogP contribution is 2.38. The molecule has 2 atom stereocenters. The summed E-state index contributed by atoms with van der Waals surface area (Å²) in [6.45, 7) is 2.12. The Bertz CT molecular complexity index is 595. The highest BCUT2D eigenvalue weighted by atomic mass is 35.5. The monoisotopic (exact) mass is 291 g/mol. The summed E-state index contributed by atoms with van der Waals surface area (Å²) in [5.41, 5.74) is 6.96. The van der Waals surface area contributed by atoms with Crippen LogP contribution in [0.5, 0.6) is 0 Å². The van der Waals surface area contributed by atoms with Crippen molar-refractivity contribution in [3.63, 3.8) is 0 Å². The minimum absolute atomic E-state index is 0.0785. The van der Waals surface area contributed by atoms with Gasteiger partial charge in [0.1, 0.15) is 0 Å². The zero-order chi connectivity index (χ0) is 14.2. The second kappa shape index (κ2) is 5.19. The summed E-state index contributed by atoms with van der Waals surface area (Å²) < 4.78 is 5.49. The number of rotatable bonds is 2. The molecular formula is C15H18ClN3O. The Kier molecular flexibility index (Phi) is 3.52. The van der Waals surface area contributed by atoms with E-state index >= 15 is 0 Å². The maximum absolute atomic E-state index is 6.27. The van der Waals surface area contributed by atoms with Crippen molar-refractivity contribution in [2.24, 2.45) is 5.73 Å². The quantitative estimate of drug-likeness (QED) is 0.919. The van der Waals surface area contributed by atoms with E-state index in [4.69, 9.17) is 21.9 Å². The van der Waals surface area contributed by atoms with Gasteiger partial charge in [0.05, 0.1) is 5.41 Å². The van der Waals surface area contributed by atoms with E-state index in [0.29, 0.717) is 16.7 Å². The molecule has 1 aliphatic rings. The Morgan fingerprint density at radius 2 is 2.05 bits per heavy atom. The van der Waals surface area contributed by atoms with Crippen LogP contribution in [0.2, 0.25) is 5.02 Å². The number of aromatic nitrogens is 2. The largest absolute Gasteiger partial charge is 0.338 e. The average Bonchev–Trinajstić information content (AvgIpc) is 2.93. The first-order valence-electron chi connectivity index (χ1n) is 6.95. The molecule has 1 aliphatic carbocycles. The third-order valence-corrected chi connectivity index (χ3v) is 4.55. The standard InChI is InChI=1S/C15H18ClN3O/c1-15(9-3-2-4-12(15)17)14-18-13(19-20-14)10-5-7-11(16)8-6-10/h5-8,12H,2-4,9,17H2,1H3. The van der Waals surface area contributed by atoms with Crippen LogP contribution in [0.4, 0.5) is 0 Å². The van der Waals surface area contributed by atoms with Gasteiger partial charge in [-0.25, -0.2) is 0 Å². The molecule has 0 saturated heterocycles. The molecule has 0 amide bonds. The molecule has 1 aromatic carbocycles. The predicted octanol–water partition coefficient (Wildman–Crippen LogP) is 3.55. The van der Waals surface area contributed by atoms with Gasteiger partial charge in [-0.2, -0.15) is 4.98 Å². The van der Waals surface area contributed by atoms with Crippen LogP contribution in [0.15, 0.2) is 28.8 Å². The molecule has 2 unspecified atom stereocenters. The minimum Gasteiger partial charge on any atom is -0.338 e. The number of nitrogens with two attached hydrogens (primary N) is 1. The van der Waals surface area contributed by atoms with Gasteiger partial charge in [-0.3, -0.25) is 0 Å². The second-order valence-corrected chi connectivity index (χ2v) is 6.14. The highest BCUT2D eigenvalue weighted by Gasteiger charge is 2.40. The van der Waals surface area contributed by atoms with Gasteiger partial charge in [0, 0.05) is 16.6 Å². The number of hydrogen-bond acceptors (Lipinski definition) is 4. The summed E-state index contributed by atoms with van der Waals surface area (Å²) in [5, 5.41) is 4.78. The normalized spacial score (nSPS) is 26.6. The lowest BCUT2D eigenvalue weighted by molar-refractivity contribution is 0.203. The van der Waals surface area contributed by atoms with Gasteiger partial charge < -0.3 is 10.3 Å². The summed E-state index contributed by atoms with van der Waals surface area (Å²) in [5.74, 6) is 1.24. The van der Waals surface area contributed by atoms with Crippen LogP contribution in [-0.4, -0.2) is 16.2 Å². The predicted molar refractivity (Wildman–Crippen MR) is 78.5 cm³/mol. The van der Waals surface area contributed by atoms with Crippen LogP contribution in [0, 0.1) is 0 Å². The van der Waals surface area contributed by atoms with Crippen molar-refractivity contribution in [2.75, 3.05) is 0 Å². The van der Waals surface area contributed by atoms with Gasteiger partial charge in [-0.15, -0.1) is 0 Å². The van der Waals surface area contributed by atoms with Gasteiger partial charge in [-0.05, 0) is 44.0 Å². The Hall–Kier alpha value is -1.39. The number of nitrogens with zero attached hydrogens (tertiary/aromatic N) is 2. The first-order chi connectivity index (χ1) is 9.59. The van der Waals surface area contributed by atoms with Crippen LogP contribution in [0.3, 0.4) is 0 Å². The average molecular weight is 292 g/mol. The van der Waals surface area contributed by atoms with Gasteiger partial charge in [-0.1, -0.05) is 29.6 Å². The van der Waals surface area contributed by atoms with Crippen LogP contribution in [0.25, 0.3) is 11.4 Å². The van der Waals surface area contributed by atoms with Crippen molar-refractivity contribution in [1.82, 2.24) is 10.1 Å². The van der Waals surface area contributed by atoms with Crippen molar-refractivity contribution in [3.05, 3.63) is 35.2 Å². The maximum atomic E-state index is 6.27. The van der Waals surface area contributed by atoms with E-state index in [0.717, 1.165) is 24.8 Å². The van der Waals surface area contributed by atoms with Crippen LogP contribution < -0.4 is 5.73 Å². The molecule has 4 nitrogen and oxygen atoms in total. The number of hydrogen-bond donors (Lipinski definition) is 1. The Labute approximate surface area is 123 Å². The fourth-order valence-electron chi connectivity index (χ4n) is 2.80. The molecule has 0 bridgehead atoms. The Morgan fingerprint density at radius 1 is 1.30 bits per heavy atom. The molecule has 3 rings (SSSR count). The van der Waals surface area contributed by atoms with E-state index in [1.54, 1.807) is 0 Å². The van der Waals surface area contributed by atoms with Crippen molar-refractivity contribution < 1.29 is 4.52 Å². The molecule has 1 aromatic heterocycles. The first-order valence-corrected chi connectivity index (χ1v) is 7.33. The summed E-state index contributed by atoms with van der Waals surface area (Å²) in [6.07, 6.45) is 4.34. The molecule has 0 radical (unpaired) electrons. The molecule has 0 spiro atoms. The highest BCUT2D eigenvalue weighted by molar-refractivity contribution is 6.30. The topological polar surface area (TPSA) is 64.9 Å². The molecule has 1 fully saturated rings. The number of benzene rings is 1. The van der Waals surface area contributed by atoms with E-state index in [-0.39, 0.29) is 11.5 Å². The van der Waals surface area contributed by atoms with E-state index in [9.17, 15) is 0 Å². The SMILES string of the molecule is CC1(c2nc(-c3ccc(Cl)cc3)no2)CCCCC1N. The first kappa shape index (κ1) is 13.6. The van der Waals surface area contributed by atoms with Gasteiger partial charge in [0.2, 0.25) is 11.7 Å². The van der Waals surface area contributed by atoms with Crippen LogP contribution >= 0.6 is 11.6 Å². The summed E-state index contributed by atoms with van der Waals surface area (Å²) in [7, 11) is 0. The molecular weight excluding hydrogens is 274 g/mol. The molecule has 1 heterocycles. The Morgan fingerprint density at radius 3 is 2.75 bits per heavy atom. The molecule has 20 heavy (non-hydrogen) atoms. The fraction of sp³-hybridized carbons (Fsp3) is 0.467. The minimum atomic E-state index is -0.212. The number of halogens is 1. The lowest BCUT2D eigenvalue weighted by Gasteiger charge is -2.35. The molecule has 2 N–H and O–H groups in total. The van der Waals surface area contributed by atoms with E-state index in [1.807, 2.05) is 24.3 Å². The smallest absolute Gasteiger partial charge is 0.234 e. The molecule has 1 saturated carbocycles. The third kappa shape index (κ3) is 2.34. The van der Waals surface area contributed by atoms with Crippen molar-refractivity contribution in [2.45, 2.75) is 44.1 Å². The molecule has 5 heteroatoms. The second-order valence-electron chi connectivity index (χ2n) is 5.70. The molecule has 2 aromatic rings. The van der Waals surface area contributed by atoms with Gasteiger partial charge in [0.15, 0.2) is 0 Å². The van der Waals surface area contributed by atoms with Crippen LogP contribution in [-0.2, 0) is 5.41 Å². The van der Waals surface area contributed by atoms with E-state index < -0.39 is 0 Å².